The van der Waals surface area contributed by atoms with Crippen LogP contribution in [0.1, 0.15) is 12.5 Å². The van der Waals surface area contributed by atoms with Gasteiger partial charge in [-0.2, -0.15) is 0 Å². The fourth-order valence-corrected chi connectivity index (χ4v) is 1.41. The fourth-order valence-electron chi connectivity index (χ4n) is 1.41. The average molecular weight is 186 g/mol. The highest BCUT2D eigenvalue weighted by atomic mass is 16.3. The van der Waals surface area contributed by atoms with E-state index in [0.717, 1.165) is 16.5 Å². The van der Waals surface area contributed by atoms with Gasteiger partial charge in [-0.15, -0.1) is 0 Å². The molecule has 0 bridgehead atoms. The number of fused-ring (bicyclic) bond motifs is 1. The molecule has 0 fully saturated rings. The van der Waals surface area contributed by atoms with Crippen molar-refractivity contribution in [2.45, 2.75) is 6.92 Å². The summed E-state index contributed by atoms with van der Waals surface area (Å²) in [5, 5.41) is 8.24. The molecule has 0 spiro atoms. The molecule has 3 nitrogen and oxygen atoms in total. The Morgan fingerprint density at radius 1 is 1.36 bits per heavy atom. The third-order valence-corrected chi connectivity index (χ3v) is 2.00. The lowest BCUT2D eigenvalue weighted by Gasteiger charge is -1.87. The van der Waals surface area contributed by atoms with Crippen molar-refractivity contribution >= 4 is 29.3 Å². The Morgan fingerprint density at radius 2 is 2.14 bits per heavy atom. The van der Waals surface area contributed by atoms with Crippen molar-refractivity contribution in [3.8, 4) is 0 Å². The SMILES string of the molecule is CC=Nc1oc2ccccc2c1C=N. The van der Waals surface area contributed by atoms with E-state index in [0.29, 0.717) is 5.88 Å². The fraction of sp³-hybridized carbons (Fsp3) is 0.0909. The maximum absolute atomic E-state index is 7.30. The first kappa shape index (κ1) is 8.69. The van der Waals surface area contributed by atoms with Gasteiger partial charge < -0.3 is 9.83 Å². The lowest BCUT2D eigenvalue weighted by atomic mass is 10.2. The molecule has 0 saturated carbocycles. The highest BCUT2D eigenvalue weighted by Gasteiger charge is 2.09. The first-order chi connectivity index (χ1) is 6.86. The standard InChI is InChI=1S/C11H10N2O/c1-2-13-11-9(7-12)8-5-3-4-6-10(8)14-11/h2-7,12H,1H3. The van der Waals surface area contributed by atoms with Gasteiger partial charge in [0.05, 0.1) is 5.56 Å². The molecule has 0 unspecified atom stereocenters. The molecule has 0 amide bonds. The Bertz CT molecular complexity index is 497. The summed E-state index contributed by atoms with van der Waals surface area (Å²) in [6.45, 7) is 1.82. The highest BCUT2D eigenvalue weighted by Crippen LogP contribution is 2.30. The van der Waals surface area contributed by atoms with Crippen molar-refractivity contribution in [1.29, 1.82) is 5.41 Å². The Kier molecular flexibility index (Phi) is 2.14. The molecule has 2 aromatic rings. The van der Waals surface area contributed by atoms with Gasteiger partial charge in [-0.1, -0.05) is 18.2 Å². The molecule has 0 aliphatic rings. The van der Waals surface area contributed by atoms with Crippen LogP contribution in [0.3, 0.4) is 0 Å². The van der Waals surface area contributed by atoms with E-state index in [2.05, 4.69) is 4.99 Å². The first-order valence-electron chi connectivity index (χ1n) is 4.37. The van der Waals surface area contributed by atoms with Gasteiger partial charge in [-0.05, 0) is 13.0 Å². The number of hydrogen-bond acceptors (Lipinski definition) is 3. The predicted molar refractivity (Wildman–Crippen MR) is 57.9 cm³/mol. The van der Waals surface area contributed by atoms with Crippen LogP contribution in [0.15, 0.2) is 33.7 Å². The number of hydrogen-bond donors (Lipinski definition) is 1. The van der Waals surface area contributed by atoms with E-state index in [1.807, 2.05) is 31.2 Å². The number of para-hydroxylation sites is 1. The Morgan fingerprint density at radius 3 is 2.86 bits per heavy atom. The van der Waals surface area contributed by atoms with Crippen LogP contribution in [-0.2, 0) is 0 Å². The Hall–Kier alpha value is -1.90. The molecule has 0 saturated heterocycles. The van der Waals surface area contributed by atoms with Crippen molar-refractivity contribution in [1.82, 2.24) is 0 Å². The van der Waals surface area contributed by atoms with Crippen LogP contribution in [0.2, 0.25) is 0 Å². The predicted octanol–water partition coefficient (Wildman–Crippen LogP) is 3.15. The third kappa shape index (κ3) is 1.23. The summed E-state index contributed by atoms with van der Waals surface area (Å²) in [5.74, 6) is 0.503. The summed E-state index contributed by atoms with van der Waals surface area (Å²) in [6.07, 6.45) is 2.93. The second-order valence-electron chi connectivity index (χ2n) is 2.85. The summed E-state index contributed by atoms with van der Waals surface area (Å²) in [6, 6.07) is 7.62. The van der Waals surface area contributed by atoms with Crippen LogP contribution in [0, 0.1) is 5.41 Å². The maximum atomic E-state index is 7.30. The lowest BCUT2D eigenvalue weighted by molar-refractivity contribution is 0.626. The number of rotatable bonds is 2. The Balaban J connectivity index is 2.78. The average Bonchev–Trinajstić information content (AvgIpc) is 2.55. The molecule has 0 atom stereocenters. The first-order valence-corrected chi connectivity index (χ1v) is 4.37. The summed E-state index contributed by atoms with van der Waals surface area (Å²) >= 11 is 0. The monoisotopic (exact) mass is 186 g/mol. The van der Waals surface area contributed by atoms with Crippen molar-refractivity contribution < 1.29 is 4.42 Å². The quantitative estimate of drug-likeness (QED) is 0.719. The lowest BCUT2D eigenvalue weighted by Crippen LogP contribution is -1.75. The number of furan rings is 1. The minimum absolute atomic E-state index is 0.503. The van der Waals surface area contributed by atoms with E-state index in [1.54, 1.807) is 6.21 Å². The molecule has 2 rings (SSSR count). The van der Waals surface area contributed by atoms with E-state index >= 15 is 0 Å². The number of benzene rings is 1. The molecular weight excluding hydrogens is 176 g/mol. The molecule has 70 valence electrons. The van der Waals surface area contributed by atoms with Crippen LogP contribution < -0.4 is 0 Å². The zero-order valence-electron chi connectivity index (χ0n) is 7.82. The normalized spacial score (nSPS) is 11.2. The number of aliphatic imine (C=N–C) groups is 1. The highest BCUT2D eigenvalue weighted by molar-refractivity contribution is 6.01. The molecule has 14 heavy (non-hydrogen) atoms. The van der Waals surface area contributed by atoms with Gasteiger partial charge in [0, 0.05) is 17.8 Å². The van der Waals surface area contributed by atoms with E-state index in [4.69, 9.17) is 9.83 Å². The molecule has 0 aliphatic carbocycles. The molecule has 3 heteroatoms. The summed E-state index contributed by atoms with van der Waals surface area (Å²) < 4.78 is 5.48. The van der Waals surface area contributed by atoms with Gasteiger partial charge in [0.1, 0.15) is 5.58 Å². The van der Waals surface area contributed by atoms with Gasteiger partial charge in [0.15, 0.2) is 0 Å². The number of nitrogens with one attached hydrogen (secondary N) is 1. The maximum Gasteiger partial charge on any atom is 0.228 e. The topological polar surface area (TPSA) is 49.4 Å². The van der Waals surface area contributed by atoms with Crippen LogP contribution in [0.5, 0.6) is 0 Å². The van der Waals surface area contributed by atoms with Crippen molar-refractivity contribution in [3.63, 3.8) is 0 Å². The van der Waals surface area contributed by atoms with Crippen LogP contribution in [-0.4, -0.2) is 12.4 Å². The van der Waals surface area contributed by atoms with Crippen LogP contribution in [0.4, 0.5) is 5.88 Å². The molecule has 0 radical (unpaired) electrons. The number of nitrogens with zero attached hydrogens (tertiary/aromatic N) is 1. The third-order valence-electron chi connectivity index (χ3n) is 2.00. The molecule has 1 aromatic carbocycles. The smallest absolute Gasteiger partial charge is 0.228 e. The largest absolute Gasteiger partial charge is 0.438 e. The van der Waals surface area contributed by atoms with E-state index in [-0.39, 0.29) is 0 Å². The minimum Gasteiger partial charge on any atom is -0.438 e. The molecule has 1 aromatic heterocycles. The van der Waals surface area contributed by atoms with Crippen molar-refractivity contribution in [2.24, 2.45) is 4.99 Å². The molecular formula is C11H10N2O. The van der Waals surface area contributed by atoms with E-state index in [1.165, 1.54) is 6.21 Å². The van der Waals surface area contributed by atoms with Crippen molar-refractivity contribution in [2.75, 3.05) is 0 Å². The Labute approximate surface area is 81.6 Å². The van der Waals surface area contributed by atoms with Crippen molar-refractivity contribution in [3.05, 3.63) is 29.8 Å². The molecule has 1 heterocycles. The van der Waals surface area contributed by atoms with Gasteiger partial charge in [0.25, 0.3) is 0 Å². The zero-order valence-corrected chi connectivity index (χ0v) is 7.82. The van der Waals surface area contributed by atoms with Crippen LogP contribution >= 0.6 is 0 Å². The molecule has 0 aliphatic heterocycles. The molecule has 1 N–H and O–H groups in total. The summed E-state index contributed by atoms with van der Waals surface area (Å²) in [4.78, 5) is 4.07. The van der Waals surface area contributed by atoms with Gasteiger partial charge in [-0.3, -0.25) is 0 Å². The second-order valence-corrected chi connectivity index (χ2v) is 2.85. The summed E-state index contributed by atoms with van der Waals surface area (Å²) in [7, 11) is 0. The summed E-state index contributed by atoms with van der Waals surface area (Å²) in [5.41, 5.74) is 1.50. The van der Waals surface area contributed by atoms with E-state index < -0.39 is 0 Å². The van der Waals surface area contributed by atoms with E-state index in [9.17, 15) is 0 Å². The van der Waals surface area contributed by atoms with Crippen LogP contribution in [0.25, 0.3) is 11.0 Å². The second kappa shape index (κ2) is 3.46. The minimum atomic E-state index is 0.503. The van der Waals surface area contributed by atoms with Gasteiger partial charge >= 0.3 is 0 Å². The van der Waals surface area contributed by atoms with Gasteiger partial charge in [0.2, 0.25) is 5.88 Å². The van der Waals surface area contributed by atoms with Gasteiger partial charge in [-0.25, -0.2) is 4.99 Å². The zero-order chi connectivity index (χ0) is 9.97.